The molecule has 0 amide bonds. The minimum Gasteiger partial charge on any atom is -0.355 e. The van der Waals surface area contributed by atoms with Crippen LogP contribution in [0.3, 0.4) is 0 Å². The summed E-state index contributed by atoms with van der Waals surface area (Å²) < 4.78 is 1.87. The fraction of sp³-hybridized carbons (Fsp3) is 0.500. The number of nitrogens with two attached hydrogens (primary N) is 1. The van der Waals surface area contributed by atoms with Crippen molar-refractivity contribution in [2.45, 2.75) is 12.8 Å². The number of fused-ring (bicyclic) bond motifs is 1. The highest BCUT2D eigenvalue weighted by molar-refractivity contribution is 5.68. The van der Waals surface area contributed by atoms with E-state index in [4.69, 9.17) is 5.73 Å². The summed E-state index contributed by atoms with van der Waals surface area (Å²) in [6.07, 6.45) is 7.92. The monoisotopic (exact) mass is 231 g/mol. The quantitative estimate of drug-likeness (QED) is 0.834. The van der Waals surface area contributed by atoms with E-state index in [0.717, 1.165) is 31.0 Å². The maximum absolute atomic E-state index is 5.77. The van der Waals surface area contributed by atoms with Crippen LogP contribution in [-0.2, 0) is 0 Å². The fourth-order valence-electron chi connectivity index (χ4n) is 2.54. The highest BCUT2D eigenvalue weighted by Gasteiger charge is 2.21. The molecule has 17 heavy (non-hydrogen) atoms. The first-order valence-corrected chi connectivity index (χ1v) is 6.12. The smallest absolute Gasteiger partial charge is 0.154 e. The molecule has 90 valence electrons. The average molecular weight is 231 g/mol. The number of aromatic nitrogens is 3. The van der Waals surface area contributed by atoms with Gasteiger partial charge in [-0.2, -0.15) is 5.10 Å². The maximum Gasteiger partial charge on any atom is 0.154 e. The van der Waals surface area contributed by atoms with Gasteiger partial charge in [-0.3, -0.25) is 0 Å². The number of rotatable bonds is 2. The fourth-order valence-corrected chi connectivity index (χ4v) is 2.54. The van der Waals surface area contributed by atoms with Crippen molar-refractivity contribution in [2.75, 3.05) is 24.5 Å². The topological polar surface area (TPSA) is 59.5 Å². The van der Waals surface area contributed by atoms with Crippen molar-refractivity contribution >= 4 is 11.3 Å². The third-order valence-electron chi connectivity index (χ3n) is 3.46. The van der Waals surface area contributed by atoms with Gasteiger partial charge in [-0.1, -0.05) is 0 Å². The van der Waals surface area contributed by atoms with E-state index in [1.165, 1.54) is 12.8 Å². The number of hydrogen-bond donors (Lipinski definition) is 1. The van der Waals surface area contributed by atoms with Gasteiger partial charge in [0, 0.05) is 25.5 Å². The second kappa shape index (κ2) is 4.33. The van der Waals surface area contributed by atoms with E-state index >= 15 is 0 Å². The number of piperidine rings is 1. The summed E-state index contributed by atoms with van der Waals surface area (Å²) in [4.78, 5) is 6.83. The Hall–Kier alpha value is -1.62. The number of hydrogen-bond acceptors (Lipinski definition) is 4. The Balaban J connectivity index is 1.94. The molecule has 1 atom stereocenters. The van der Waals surface area contributed by atoms with E-state index < -0.39 is 0 Å². The van der Waals surface area contributed by atoms with Crippen LogP contribution >= 0.6 is 0 Å². The molecule has 1 aliphatic rings. The number of nitrogens with zero attached hydrogens (tertiary/aromatic N) is 4. The van der Waals surface area contributed by atoms with Crippen molar-refractivity contribution in [1.29, 1.82) is 0 Å². The minimum absolute atomic E-state index is 0.591. The molecule has 5 nitrogen and oxygen atoms in total. The first-order chi connectivity index (χ1) is 8.38. The Labute approximate surface area is 100 Å². The molecule has 1 aliphatic heterocycles. The molecule has 5 heteroatoms. The molecular formula is C12H17N5. The molecule has 0 spiro atoms. The van der Waals surface area contributed by atoms with Gasteiger partial charge in [0.05, 0.1) is 6.20 Å². The Morgan fingerprint density at radius 1 is 1.41 bits per heavy atom. The Morgan fingerprint density at radius 2 is 2.35 bits per heavy atom. The molecule has 0 radical (unpaired) electrons. The lowest BCUT2D eigenvalue weighted by atomic mass is 9.98. The van der Waals surface area contributed by atoms with Crippen molar-refractivity contribution in [1.82, 2.24) is 14.6 Å². The van der Waals surface area contributed by atoms with Crippen LogP contribution in [0.1, 0.15) is 12.8 Å². The largest absolute Gasteiger partial charge is 0.355 e. The minimum atomic E-state index is 0.591. The number of anilines is 1. The lowest BCUT2D eigenvalue weighted by molar-refractivity contribution is 0.422. The van der Waals surface area contributed by atoms with E-state index in [9.17, 15) is 0 Å². The van der Waals surface area contributed by atoms with Crippen LogP contribution in [0.15, 0.2) is 24.7 Å². The molecule has 2 N–H and O–H groups in total. The average Bonchev–Trinajstić information content (AvgIpc) is 2.87. The van der Waals surface area contributed by atoms with Crippen molar-refractivity contribution < 1.29 is 0 Å². The van der Waals surface area contributed by atoms with Crippen molar-refractivity contribution in [2.24, 2.45) is 11.7 Å². The van der Waals surface area contributed by atoms with Gasteiger partial charge in [-0.15, -0.1) is 0 Å². The van der Waals surface area contributed by atoms with E-state index in [-0.39, 0.29) is 0 Å². The van der Waals surface area contributed by atoms with Crippen molar-refractivity contribution in [3.8, 4) is 0 Å². The van der Waals surface area contributed by atoms with Crippen LogP contribution in [0, 0.1) is 5.92 Å². The lowest BCUT2D eigenvalue weighted by Crippen LogP contribution is -2.39. The maximum atomic E-state index is 5.77. The first-order valence-electron chi connectivity index (χ1n) is 6.12. The molecule has 0 bridgehead atoms. The van der Waals surface area contributed by atoms with Crippen LogP contribution < -0.4 is 10.6 Å². The Morgan fingerprint density at radius 3 is 3.24 bits per heavy atom. The molecule has 0 aliphatic carbocycles. The molecule has 2 aromatic rings. The summed E-state index contributed by atoms with van der Waals surface area (Å²) in [6.45, 7) is 2.83. The van der Waals surface area contributed by atoms with Gasteiger partial charge < -0.3 is 10.6 Å². The SMILES string of the molecule is NC[C@H]1CCCN(c2nccn3nccc23)C1. The van der Waals surface area contributed by atoms with E-state index in [0.29, 0.717) is 5.92 Å². The summed E-state index contributed by atoms with van der Waals surface area (Å²) in [5, 5.41) is 4.24. The van der Waals surface area contributed by atoms with Gasteiger partial charge in [0.25, 0.3) is 0 Å². The van der Waals surface area contributed by atoms with Crippen LogP contribution in [0.4, 0.5) is 5.82 Å². The second-order valence-electron chi connectivity index (χ2n) is 4.60. The van der Waals surface area contributed by atoms with Crippen molar-refractivity contribution in [3.05, 3.63) is 24.7 Å². The van der Waals surface area contributed by atoms with Crippen LogP contribution in [0.2, 0.25) is 0 Å². The van der Waals surface area contributed by atoms with Crippen LogP contribution in [0.5, 0.6) is 0 Å². The van der Waals surface area contributed by atoms with E-state index in [2.05, 4.69) is 15.0 Å². The zero-order valence-electron chi connectivity index (χ0n) is 9.79. The molecular weight excluding hydrogens is 214 g/mol. The zero-order valence-corrected chi connectivity index (χ0v) is 9.79. The highest BCUT2D eigenvalue weighted by Crippen LogP contribution is 2.24. The van der Waals surface area contributed by atoms with Gasteiger partial charge in [-0.25, -0.2) is 9.50 Å². The van der Waals surface area contributed by atoms with Gasteiger partial charge in [0.1, 0.15) is 5.52 Å². The lowest BCUT2D eigenvalue weighted by Gasteiger charge is -2.33. The van der Waals surface area contributed by atoms with Crippen molar-refractivity contribution in [3.63, 3.8) is 0 Å². The predicted molar refractivity (Wildman–Crippen MR) is 67.0 cm³/mol. The Kier molecular flexibility index (Phi) is 2.68. The third kappa shape index (κ3) is 1.86. The molecule has 0 aromatic carbocycles. The molecule has 1 saturated heterocycles. The third-order valence-corrected chi connectivity index (χ3v) is 3.46. The van der Waals surface area contributed by atoms with E-state index in [1.54, 1.807) is 6.20 Å². The van der Waals surface area contributed by atoms with Gasteiger partial charge in [0.2, 0.25) is 0 Å². The molecule has 3 heterocycles. The molecule has 2 aromatic heterocycles. The molecule has 3 rings (SSSR count). The predicted octanol–water partition coefficient (Wildman–Crippen LogP) is 0.904. The molecule has 0 unspecified atom stereocenters. The van der Waals surface area contributed by atoms with Crippen LogP contribution in [0.25, 0.3) is 5.52 Å². The summed E-state index contributed by atoms with van der Waals surface area (Å²) in [6, 6.07) is 2.01. The molecule has 0 saturated carbocycles. The summed E-state index contributed by atoms with van der Waals surface area (Å²) in [5.74, 6) is 1.62. The standard InChI is InChI=1S/C12H17N5/c13-8-10-2-1-6-16(9-10)12-11-3-4-15-17(11)7-5-14-12/h3-5,7,10H,1-2,6,8-9,13H2/t10-/m1/s1. The Bertz CT molecular complexity index is 506. The normalized spacial score (nSPS) is 21.0. The zero-order chi connectivity index (χ0) is 11.7. The molecule has 1 fully saturated rings. The van der Waals surface area contributed by atoms with Gasteiger partial charge >= 0.3 is 0 Å². The van der Waals surface area contributed by atoms with E-state index in [1.807, 2.05) is 23.0 Å². The van der Waals surface area contributed by atoms with Crippen LogP contribution in [-0.4, -0.2) is 34.2 Å². The van der Waals surface area contributed by atoms with Gasteiger partial charge in [0.15, 0.2) is 5.82 Å². The summed E-state index contributed by atoms with van der Waals surface area (Å²) in [7, 11) is 0. The first kappa shape index (κ1) is 10.5. The summed E-state index contributed by atoms with van der Waals surface area (Å²) in [5.41, 5.74) is 6.85. The summed E-state index contributed by atoms with van der Waals surface area (Å²) >= 11 is 0. The van der Waals surface area contributed by atoms with Gasteiger partial charge in [-0.05, 0) is 31.4 Å². The second-order valence-corrected chi connectivity index (χ2v) is 4.60. The highest BCUT2D eigenvalue weighted by atomic mass is 15.3.